The fourth-order valence-corrected chi connectivity index (χ4v) is 2.67. The summed E-state index contributed by atoms with van der Waals surface area (Å²) < 4.78 is 19.9. The number of carbonyl (C=O) groups excluding carboxylic acids is 3. The van der Waals surface area contributed by atoms with Gasteiger partial charge in [0.25, 0.3) is 0 Å². The molecule has 0 spiro atoms. The molecule has 0 saturated heterocycles. The second-order valence-corrected chi connectivity index (χ2v) is 5.69. The van der Waals surface area contributed by atoms with Crippen molar-refractivity contribution in [1.29, 1.82) is 0 Å². The van der Waals surface area contributed by atoms with E-state index in [-0.39, 0.29) is 30.6 Å². The van der Waals surface area contributed by atoms with Crippen molar-refractivity contribution in [3.63, 3.8) is 0 Å². The lowest BCUT2D eigenvalue weighted by molar-refractivity contribution is -0.143. The third-order valence-corrected chi connectivity index (χ3v) is 4.00. The fourth-order valence-electron chi connectivity index (χ4n) is 2.67. The van der Waals surface area contributed by atoms with Crippen LogP contribution in [0.5, 0.6) is 0 Å². The zero-order valence-corrected chi connectivity index (χ0v) is 15.6. The summed E-state index contributed by atoms with van der Waals surface area (Å²) >= 11 is 0. The van der Waals surface area contributed by atoms with E-state index in [0.717, 1.165) is 5.56 Å². The van der Waals surface area contributed by atoms with E-state index in [1.165, 1.54) is 14.2 Å². The lowest BCUT2D eigenvalue weighted by Gasteiger charge is -2.31. The molecule has 146 valence electrons. The lowest BCUT2D eigenvalue weighted by Crippen LogP contribution is -2.38. The molecule has 0 fully saturated rings. The minimum atomic E-state index is -0.648. The first-order valence-corrected chi connectivity index (χ1v) is 8.51. The van der Waals surface area contributed by atoms with Gasteiger partial charge in [0, 0.05) is 12.1 Å². The Labute approximate surface area is 157 Å². The summed E-state index contributed by atoms with van der Waals surface area (Å²) in [5.74, 6) is -1.54. The number of hydrogen-bond acceptors (Lipinski definition) is 8. The minimum Gasteiger partial charge on any atom is -0.466 e. The summed E-state index contributed by atoms with van der Waals surface area (Å²) in [6, 6.07) is 7.26. The number of rotatable bonds is 7. The number of carbonyl (C=O) groups is 3. The summed E-state index contributed by atoms with van der Waals surface area (Å²) in [7, 11) is 2.48. The van der Waals surface area contributed by atoms with Crippen molar-refractivity contribution in [1.82, 2.24) is 0 Å². The molecule has 0 radical (unpaired) electrons. The molecule has 0 amide bonds. The normalized spacial score (nSPS) is 14.0. The molecule has 8 heteroatoms. The molecule has 0 bridgehead atoms. The molecule has 0 atom stereocenters. The average Bonchev–Trinajstić information content (AvgIpc) is 2.71. The van der Waals surface area contributed by atoms with Gasteiger partial charge in [-0.2, -0.15) is 0 Å². The van der Waals surface area contributed by atoms with Crippen molar-refractivity contribution >= 4 is 23.6 Å². The third-order valence-electron chi connectivity index (χ3n) is 4.00. The number of hydrogen-bond donors (Lipinski definition) is 0. The maximum Gasteiger partial charge on any atom is 0.355 e. The summed E-state index contributed by atoms with van der Waals surface area (Å²) in [5, 5.41) is 0. The van der Waals surface area contributed by atoms with E-state index in [2.05, 4.69) is 0 Å². The smallest absolute Gasteiger partial charge is 0.355 e. The second kappa shape index (κ2) is 9.72. The fraction of sp³-hybridized carbons (Fsp3) is 0.421. The molecule has 1 aromatic carbocycles. The van der Waals surface area contributed by atoms with E-state index >= 15 is 0 Å². The van der Waals surface area contributed by atoms with E-state index in [1.54, 1.807) is 24.0 Å². The van der Waals surface area contributed by atoms with Gasteiger partial charge in [-0.3, -0.25) is 4.79 Å². The molecular formula is C19H23NO7. The molecule has 8 nitrogen and oxygen atoms in total. The molecule has 1 aliphatic heterocycles. The van der Waals surface area contributed by atoms with Crippen LogP contribution in [0.1, 0.15) is 18.9 Å². The van der Waals surface area contributed by atoms with E-state index < -0.39 is 11.9 Å². The van der Waals surface area contributed by atoms with E-state index in [0.29, 0.717) is 25.1 Å². The Morgan fingerprint density at radius 3 is 2.33 bits per heavy atom. The highest BCUT2D eigenvalue weighted by Crippen LogP contribution is 2.27. The second-order valence-electron chi connectivity index (χ2n) is 5.69. The lowest BCUT2D eigenvalue weighted by atomic mass is 10.1. The van der Waals surface area contributed by atoms with Gasteiger partial charge >= 0.3 is 17.9 Å². The highest BCUT2D eigenvalue weighted by atomic mass is 16.5. The van der Waals surface area contributed by atoms with E-state index in [4.69, 9.17) is 18.9 Å². The van der Waals surface area contributed by atoms with Crippen LogP contribution in [0.25, 0.3) is 0 Å². The van der Waals surface area contributed by atoms with Crippen LogP contribution in [-0.2, 0) is 39.8 Å². The quantitative estimate of drug-likeness (QED) is 0.522. The predicted octanol–water partition coefficient (Wildman–Crippen LogP) is 1.58. The topological polar surface area (TPSA) is 91.4 Å². The van der Waals surface area contributed by atoms with Crippen molar-refractivity contribution in [2.75, 3.05) is 39.1 Å². The monoisotopic (exact) mass is 377 g/mol. The van der Waals surface area contributed by atoms with Crippen molar-refractivity contribution in [2.45, 2.75) is 19.8 Å². The van der Waals surface area contributed by atoms with E-state index in [1.807, 2.05) is 12.1 Å². The largest absolute Gasteiger partial charge is 0.466 e. The zero-order valence-electron chi connectivity index (χ0n) is 15.6. The first kappa shape index (κ1) is 20.4. The van der Waals surface area contributed by atoms with Gasteiger partial charge in [0.1, 0.15) is 12.4 Å². The van der Waals surface area contributed by atoms with Crippen LogP contribution in [0, 0.1) is 0 Å². The highest BCUT2D eigenvalue weighted by molar-refractivity contribution is 6.03. The molecule has 1 heterocycles. The van der Waals surface area contributed by atoms with Crippen LogP contribution in [0.15, 0.2) is 35.5 Å². The summed E-state index contributed by atoms with van der Waals surface area (Å²) in [6.07, 6.45) is 0.836. The van der Waals surface area contributed by atoms with Crippen LogP contribution in [0.2, 0.25) is 0 Å². The van der Waals surface area contributed by atoms with Crippen LogP contribution in [-0.4, -0.2) is 52.1 Å². The van der Waals surface area contributed by atoms with Gasteiger partial charge < -0.3 is 23.8 Å². The molecule has 27 heavy (non-hydrogen) atoms. The van der Waals surface area contributed by atoms with Gasteiger partial charge in [0.15, 0.2) is 0 Å². The molecule has 1 aromatic rings. The molecule has 0 N–H and O–H groups in total. The molecule has 1 aliphatic rings. The van der Waals surface area contributed by atoms with Crippen LogP contribution >= 0.6 is 0 Å². The summed E-state index contributed by atoms with van der Waals surface area (Å²) in [4.78, 5) is 37.3. The Kier molecular flexibility index (Phi) is 7.36. The Morgan fingerprint density at radius 1 is 1.07 bits per heavy atom. The van der Waals surface area contributed by atoms with E-state index in [9.17, 15) is 14.4 Å². The number of ether oxygens (including phenoxy) is 4. The SMILES string of the molecule is CCOC(=O)CCc1ccc(N2COCC(C(=O)OC)=C2C(=O)OC)cc1. The van der Waals surface area contributed by atoms with Gasteiger partial charge in [-0.1, -0.05) is 12.1 Å². The average molecular weight is 377 g/mol. The Morgan fingerprint density at radius 2 is 1.74 bits per heavy atom. The van der Waals surface area contributed by atoms with Crippen LogP contribution < -0.4 is 4.90 Å². The van der Waals surface area contributed by atoms with Crippen LogP contribution in [0.3, 0.4) is 0 Å². The van der Waals surface area contributed by atoms with Crippen LogP contribution in [0.4, 0.5) is 5.69 Å². The summed E-state index contributed by atoms with van der Waals surface area (Å²) in [6.45, 7) is 2.18. The van der Waals surface area contributed by atoms with Crippen molar-refractivity contribution < 1.29 is 33.3 Å². The molecule has 0 aromatic heterocycles. The summed E-state index contributed by atoms with van der Waals surface area (Å²) in [5.41, 5.74) is 1.79. The molecule has 0 saturated carbocycles. The van der Waals surface area contributed by atoms with Gasteiger partial charge in [-0.15, -0.1) is 0 Å². The minimum absolute atomic E-state index is 0.0365. The number of methoxy groups -OCH3 is 2. The van der Waals surface area contributed by atoms with Gasteiger partial charge in [-0.25, -0.2) is 9.59 Å². The van der Waals surface area contributed by atoms with Crippen molar-refractivity contribution in [2.24, 2.45) is 0 Å². The number of nitrogens with zero attached hydrogens (tertiary/aromatic N) is 1. The molecular weight excluding hydrogens is 354 g/mol. The highest BCUT2D eigenvalue weighted by Gasteiger charge is 2.32. The number of aryl methyl sites for hydroxylation is 1. The third kappa shape index (κ3) is 5.07. The zero-order chi connectivity index (χ0) is 19.8. The first-order valence-electron chi connectivity index (χ1n) is 8.51. The number of anilines is 1. The molecule has 0 unspecified atom stereocenters. The Bertz CT molecular complexity index is 724. The number of esters is 3. The molecule has 2 rings (SSSR count). The van der Waals surface area contributed by atoms with Gasteiger partial charge in [0.05, 0.1) is 33.0 Å². The maximum absolute atomic E-state index is 12.3. The maximum atomic E-state index is 12.3. The Hall–Kier alpha value is -2.87. The number of benzene rings is 1. The Balaban J connectivity index is 2.23. The standard InChI is InChI=1S/C19H23NO7/c1-4-27-16(21)10-7-13-5-8-14(9-6-13)20-12-26-11-15(18(22)24-2)17(20)19(23)25-3/h5-6,8-9H,4,7,10-12H2,1-3H3. The van der Waals surface area contributed by atoms with Crippen molar-refractivity contribution in [3.8, 4) is 0 Å². The van der Waals surface area contributed by atoms with Gasteiger partial charge in [-0.05, 0) is 31.0 Å². The predicted molar refractivity (Wildman–Crippen MR) is 95.8 cm³/mol. The van der Waals surface area contributed by atoms with Gasteiger partial charge in [0.2, 0.25) is 0 Å². The molecule has 0 aliphatic carbocycles. The first-order chi connectivity index (χ1) is 13.0. The van der Waals surface area contributed by atoms with Crippen molar-refractivity contribution in [3.05, 3.63) is 41.1 Å².